The van der Waals surface area contributed by atoms with Gasteiger partial charge >= 0.3 is 12.1 Å². The summed E-state index contributed by atoms with van der Waals surface area (Å²) in [5.74, 6) is -1.32. The Bertz CT molecular complexity index is 813. The number of methoxy groups -OCH3 is 1. The second-order valence-electron chi connectivity index (χ2n) is 5.14. The highest BCUT2D eigenvalue weighted by molar-refractivity contribution is 9.09. The van der Waals surface area contributed by atoms with Gasteiger partial charge in [0, 0.05) is 16.3 Å². The van der Waals surface area contributed by atoms with Gasteiger partial charge in [-0.1, -0.05) is 34.1 Å². The maximum atomic E-state index is 10.6. The number of amidine groups is 1. The lowest BCUT2D eigenvalue weighted by Crippen LogP contribution is -2.21. The first-order valence-electron chi connectivity index (χ1n) is 7.55. The predicted molar refractivity (Wildman–Crippen MR) is 99.1 cm³/mol. The van der Waals surface area contributed by atoms with E-state index in [1.165, 1.54) is 0 Å². The van der Waals surface area contributed by atoms with Gasteiger partial charge in [0.05, 0.1) is 13.7 Å². The number of hydrogen-bond acceptors (Lipinski definition) is 4. The minimum atomic E-state index is -5.08. The van der Waals surface area contributed by atoms with Crippen LogP contribution in [-0.2, 0) is 4.79 Å². The monoisotopic (exact) mass is 450 g/mol. The Morgan fingerprint density at radius 3 is 2.37 bits per heavy atom. The average Bonchev–Trinajstić information content (AvgIpc) is 2.61. The van der Waals surface area contributed by atoms with E-state index in [9.17, 15) is 13.2 Å². The van der Waals surface area contributed by atoms with E-state index in [4.69, 9.17) is 30.5 Å². The number of halogens is 4. The molecule has 2 rings (SSSR count). The van der Waals surface area contributed by atoms with E-state index in [2.05, 4.69) is 15.9 Å². The van der Waals surface area contributed by atoms with Gasteiger partial charge < -0.3 is 20.3 Å². The molecule has 0 fully saturated rings. The van der Waals surface area contributed by atoms with Crippen molar-refractivity contribution in [1.82, 2.24) is 0 Å². The van der Waals surface area contributed by atoms with E-state index in [-0.39, 0.29) is 5.84 Å². The molecule has 148 valence electrons. The molecule has 2 aromatic carbocycles. The van der Waals surface area contributed by atoms with Crippen molar-refractivity contribution in [2.75, 3.05) is 19.0 Å². The van der Waals surface area contributed by atoms with Crippen LogP contribution in [-0.4, -0.2) is 42.1 Å². The Labute approximate surface area is 161 Å². The molecular formula is C17H18BrF3N2O4. The van der Waals surface area contributed by atoms with Crippen LogP contribution in [0.15, 0.2) is 30.3 Å². The lowest BCUT2D eigenvalue weighted by Gasteiger charge is -2.14. The van der Waals surface area contributed by atoms with E-state index >= 15 is 0 Å². The van der Waals surface area contributed by atoms with Crippen LogP contribution >= 0.6 is 15.9 Å². The van der Waals surface area contributed by atoms with Crippen LogP contribution in [0.2, 0.25) is 0 Å². The number of aliphatic carboxylic acids is 1. The first-order valence-corrected chi connectivity index (χ1v) is 8.68. The highest BCUT2D eigenvalue weighted by Gasteiger charge is 2.38. The molecule has 0 bridgehead atoms. The molecule has 6 nitrogen and oxygen atoms in total. The summed E-state index contributed by atoms with van der Waals surface area (Å²) in [7, 11) is 1.62. The maximum Gasteiger partial charge on any atom is 0.490 e. The maximum absolute atomic E-state index is 10.6. The summed E-state index contributed by atoms with van der Waals surface area (Å²) in [5, 5.41) is 17.5. The number of carboxylic acids is 1. The largest absolute Gasteiger partial charge is 0.493 e. The number of nitrogens with two attached hydrogens (primary N) is 1. The number of nitrogens with one attached hydrogen (secondary N) is 1. The minimum absolute atomic E-state index is 0.0427. The van der Waals surface area contributed by atoms with Crippen LogP contribution in [0, 0.1) is 5.41 Å². The smallest absolute Gasteiger partial charge is 0.490 e. The van der Waals surface area contributed by atoms with Gasteiger partial charge in [-0.25, -0.2) is 4.79 Å². The Hall–Kier alpha value is -2.49. The first kappa shape index (κ1) is 22.6. The van der Waals surface area contributed by atoms with Gasteiger partial charge in [-0.2, -0.15) is 13.2 Å². The van der Waals surface area contributed by atoms with E-state index in [1.54, 1.807) is 7.11 Å². The molecule has 27 heavy (non-hydrogen) atoms. The topological polar surface area (TPSA) is 106 Å². The second-order valence-corrected chi connectivity index (χ2v) is 5.93. The number of carbonyl (C=O) groups is 1. The van der Waals surface area contributed by atoms with Crippen molar-refractivity contribution in [1.29, 1.82) is 5.41 Å². The summed E-state index contributed by atoms with van der Waals surface area (Å²) in [6.45, 7) is 0.602. The number of nitrogen functional groups attached to an aromatic ring is 1. The number of benzene rings is 2. The molecule has 0 heterocycles. The molecule has 0 saturated carbocycles. The number of carboxylic acid groups (broad SMARTS) is 1. The zero-order valence-corrected chi connectivity index (χ0v) is 15.9. The molecule has 0 radical (unpaired) electrons. The molecule has 0 aromatic heterocycles. The number of fused-ring (bicyclic) bond motifs is 1. The van der Waals surface area contributed by atoms with E-state index < -0.39 is 12.1 Å². The number of alkyl halides is 4. The summed E-state index contributed by atoms with van der Waals surface area (Å²) in [4.78, 5) is 8.90. The molecule has 0 saturated heterocycles. The molecule has 0 aliphatic rings. The Morgan fingerprint density at radius 1 is 1.30 bits per heavy atom. The van der Waals surface area contributed by atoms with Crippen LogP contribution in [0.1, 0.15) is 12.0 Å². The number of hydrogen-bond donors (Lipinski definition) is 3. The molecule has 4 N–H and O–H groups in total. The highest BCUT2D eigenvalue weighted by Crippen LogP contribution is 2.36. The molecular weight excluding hydrogens is 433 g/mol. The summed E-state index contributed by atoms with van der Waals surface area (Å²) in [5.41, 5.74) is 6.23. The molecule has 0 aliphatic carbocycles. The lowest BCUT2D eigenvalue weighted by atomic mass is 10.0. The summed E-state index contributed by atoms with van der Waals surface area (Å²) in [6, 6.07) is 9.49. The van der Waals surface area contributed by atoms with Crippen molar-refractivity contribution >= 4 is 38.5 Å². The van der Waals surface area contributed by atoms with Crippen LogP contribution in [0.3, 0.4) is 0 Å². The van der Waals surface area contributed by atoms with Crippen LogP contribution in [0.4, 0.5) is 13.2 Å². The average molecular weight is 451 g/mol. The fraction of sp³-hybridized carbons (Fsp3) is 0.294. The standard InChI is InChI=1S/C15H17BrN2O2.C2HF3O2/c1-19-13-6-5-10-3-4-11(15(17)18)9-12(10)14(13)20-8-2-7-16;3-2(4,5)1(6)7/h3-6,9H,2,7-8H2,1H3,(H3,17,18);(H,6,7). The van der Waals surface area contributed by atoms with Gasteiger partial charge in [0.15, 0.2) is 11.5 Å². The van der Waals surface area contributed by atoms with Gasteiger partial charge in [-0.05, 0) is 23.9 Å². The van der Waals surface area contributed by atoms with Gasteiger partial charge in [-0.3, -0.25) is 5.41 Å². The normalized spacial score (nSPS) is 10.7. The molecule has 2 aromatic rings. The molecule has 10 heteroatoms. The molecule has 0 aliphatic heterocycles. The first-order chi connectivity index (χ1) is 12.6. The molecule has 0 atom stereocenters. The van der Waals surface area contributed by atoms with Crippen molar-refractivity contribution in [2.24, 2.45) is 5.73 Å². The zero-order valence-electron chi connectivity index (χ0n) is 14.3. The van der Waals surface area contributed by atoms with Gasteiger partial charge in [-0.15, -0.1) is 0 Å². The number of ether oxygens (including phenoxy) is 2. The van der Waals surface area contributed by atoms with E-state index in [0.717, 1.165) is 22.5 Å². The van der Waals surface area contributed by atoms with Crippen molar-refractivity contribution in [3.05, 3.63) is 35.9 Å². The van der Waals surface area contributed by atoms with Crippen molar-refractivity contribution in [3.8, 4) is 11.5 Å². The Balaban J connectivity index is 0.000000445. The Morgan fingerprint density at radius 2 is 1.89 bits per heavy atom. The van der Waals surface area contributed by atoms with Gasteiger partial charge in [0.2, 0.25) is 0 Å². The van der Waals surface area contributed by atoms with E-state index in [0.29, 0.717) is 23.7 Å². The van der Waals surface area contributed by atoms with Gasteiger partial charge in [0.25, 0.3) is 0 Å². The molecule has 0 spiro atoms. The fourth-order valence-electron chi connectivity index (χ4n) is 1.98. The SMILES string of the molecule is COc1ccc2ccc(C(=N)N)cc2c1OCCCBr.O=C(O)C(F)(F)F. The zero-order chi connectivity index (χ0) is 20.6. The Kier molecular flexibility index (Phi) is 8.35. The quantitative estimate of drug-likeness (QED) is 0.267. The van der Waals surface area contributed by atoms with Crippen molar-refractivity contribution in [2.45, 2.75) is 12.6 Å². The van der Waals surface area contributed by atoms with Crippen molar-refractivity contribution in [3.63, 3.8) is 0 Å². The third-order valence-electron chi connectivity index (χ3n) is 3.23. The molecule has 0 unspecified atom stereocenters. The highest BCUT2D eigenvalue weighted by atomic mass is 79.9. The third kappa shape index (κ3) is 6.63. The van der Waals surface area contributed by atoms with Crippen LogP contribution in [0.25, 0.3) is 10.8 Å². The predicted octanol–water partition coefficient (Wildman–Crippen LogP) is 3.93. The molecule has 0 amide bonds. The van der Waals surface area contributed by atoms with Crippen LogP contribution < -0.4 is 15.2 Å². The number of rotatable bonds is 6. The lowest BCUT2D eigenvalue weighted by molar-refractivity contribution is -0.192. The summed E-state index contributed by atoms with van der Waals surface area (Å²) >= 11 is 3.38. The van der Waals surface area contributed by atoms with E-state index in [1.807, 2.05) is 30.3 Å². The fourth-order valence-corrected chi connectivity index (χ4v) is 2.21. The van der Waals surface area contributed by atoms with Crippen LogP contribution in [0.5, 0.6) is 11.5 Å². The minimum Gasteiger partial charge on any atom is -0.493 e. The second kappa shape index (κ2) is 10.0. The van der Waals surface area contributed by atoms with Gasteiger partial charge in [0.1, 0.15) is 5.84 Å². The summed E-state index contributed by atoms with van der Waals surface area (Å²) in [6.07, 6.45) is -4.17. The van der Waals surface area contributed by atoms with Crippen molar-refractivity contribution < 1.29 is 32.5 Å². The summed E-state index contributed by atoms with van der Waals surface area (Å²) < 4.78 is 42.9. The third-order valence-corrected chi connectivity index (χ3v) is 3.79.